The van der Waals surface area contributed by atoms with Crippen molar-refractivity contribution in [2.45, 2.75) is 6.42 Å². The maximum Gasteiger partial charge on any atom is 0.252 e. The smallest absolute Gasteiger partial charge is 0.252 e. The summed E-state index contributed by atoms with van der Waals surface area (Å²) >= 11 is 11.8. The van der Waals surface area contributed by atoms with Gasteiger partial charge in [-0.3, -0.25) is 4.79 Å². The Balaban J connectivity index is 1.88. The van der Waals surface area contributed by atoms with Gasteiger partial charge < -0.3 is 5.32 Å². The molecule has 2 nitrogen and oxygen atoms in total. The SMILES string of the molecule is O=C(NCCc1ccc(Cl)cc1)c1ccccc1Cl. The van der Waals surface area contributed by atoms with Crippen LogP contribution in [0.5, 0.6) is 0 Å². The van der Waals surface area contributed by atoms with E-state index in [9.17, 15) is 4.79 Å². The van der Waals surface area contributed by atoms with Crippen LogP contribution in [0.2, 0.25) is 10.0 Å². The van der Waals surface area contributed by atoms with E-state index >= 15 is 0 Å². The molecule has 0 aliphatic heterocycles. The Kier molecular flexibility index (Phi) is 4.83. The van der Waals surface area contributed by atoms with Crippen LogP contribution in [-0.4, -0.2) is 12.5 Å². The van der Waals surface area contributed by atoms with Crippen molar-refractivity contribution in [2.75, 3.05) is 6.54 Å². The first-order valence-corrected chi connectivity index (χ1v) is 6.69. The Bertz CT molecular complexity index is 567. The summed E-state index contributed by atoms with van der Waals surface area (Å²) in [6.07, 6.45) is 0.757. The molecule has 98 valence electrons. The summed E-state index contributed by atoms with van der Waals surface area (Å²) in [5.74, 6) is -0.153. The third kappa shape index (κ3) is 3.98. The maximum absolute atomic E-state index is 11.9. The van der Waals surface area contributed by atoms with Gasteiger partial charge in [0.2, 0.25) is 0 Å². The highest BCUT2D eigenvalue weighted by Crippen LogP contribution is 2.14. The summed E-state index contributed by atoms with van der Waals surface area (Å²) in [6.45, 7) is 0.561. The molecule has 0 radical (unpaired) electrons. The molecule has 4 heteroatoms. The van der Waals surface area contributed by atoms with Crippen molar-refractivity contribution in [2.24, 2.45) is 0 Å². The van der Waals surface area contributed by atoms with Crippen LogP contribution in [0.3, 0.4) is 0 Å². The zero-order chi connectivity index (χ0) is 13.7. The van der Waals surface area contributed by atoms with Gasteiger partial charge in [-0.15, -0.1) is 0 Å². The largest absolute Gasteiger partial charge is 0.352 e. The normalized spacial score (nSPS) is 10.2. The minimum absolute atomic E-state index is 0.153. The molecule has 0 aromatic heterocycles. The fourth-order valence-electron chi connectivity index (χ4n) is 1.71. The number of rotatable bonds is 4. The molecular formula is C15H13Cl2NO. The highest BCUT2D eigenvalue weighted by atomic mass is 35.5. The van der Waals surface area contributed by atoms with E-state index in [1.807, 2.05) is 24.3 Å². The molecule has 1 amide bonds. The van der Waals surface area contributed by atoms with E-state index in [1.165, 1.54) is 0 Å². The topological polar surface area (TPSA) is 29.1 Å². The maximum atomic E-state index is 11.9. The van der Waals surface area contributed by atoms with Crippen LogP contribution in [0.4, 0.5) is 0 Å². The first-order valence-electron chi connectivity index (χ1n) is 5.94. The molecule has 2 aromatic rings. The van der Waals surface area contributed by atoms with Gasteiger partial charge in [0.1, 0.15) is 0 Å². The standard InChI is InChI=1S/C15H13Cl2NO/c16-12-7-5-11(6-8-12)9-10-18-15(19)13-3-1-2-4-14(13)17/h1-8H,9-10H2,(H,18,19). The van der Waals surface area contributed by atoms with Gasteiger partial charge in [0.25, 0.3) is 5.91 Å². The minimum Gasteiger partial charge on any atom is -0.352 e. The van der Waals surface area contributed by atoms with Gasteiger partial charge in [-0.1, -0.05) is 47.5 Å². The van der Waals surface area contributed by atoms with Crippen molar-refractivity contribution in [3.63, 3.8) is 0 Å². The zero-order valence-electron chi connectivity index (χ0n) is 10.2. The number of benzene rings is 2. The average Bonchev–Trinajstić information content (AvgIpc) is 2.41. The van der Waals surface area contributed by atoms with Crippen molar-refractivity contribution in [1.29, 1.82) is 0 Å². The highest BCUT2D eigenvalue weighted by molar-refractivity contribution is 6.33. The lowest BCUT2D eigenvalue weighted by molar-refractivity contribution is 0.0954. The fraction of sp³-hybridized carbons (Fsp3) is 0.133. The Morgan fingerprint density at radius 1 is 1.00 bits per heavy atom. The van der Waals surface area contributed by atoms with E-state index < -0.39 is 0 Å². The van der Waals surface area contributed by atoms with E-state index in [0.29, 0.717) is 22.2 Å². The molecule has 0 aliphatic rings. The molecule has 1 N–H and O–H groups in total. The molecule has 0 spiro atoms. The third-order valence-electron chi connectivity index (χ3n) is 2.73. The number of carbonyl (C=O) groups is 1. The molecule has 0 saturated carbocycles. The second kappa shape index (κ2) is 6.60. The van der Waals surface area contributed by atoms with E-state index in [-0.39, 0.29) is 5.91 Å². The van der Waals surface area contributed by atoms with Crippen LogP contribution >= 0.6 is 23.2 Å². The van der Waals surface area contributed by atoms with E-state index in [4.69, 9.17) is 23.2 Å². The van der Waals surface area contributed by atoms with Crippen molar-refractivity contribution >= 4 is 29.1 Å². The number of carbonyl (C=O) groups excluding carboxylic acids is 1. The quantitative estimate of drug-likeness (QED) is 0.908. The van der Waals surface area contributed by atoms with E-state index in [0.717, 1.165) is 12.0 Å². The van der Waals surface area contributed by atoms with Crippen LogP contribution < -0.4 is 5.32 Å². The lowest BCUT2D eigenvalue weighted by Gasteiger charge is -2.06. The molecule has 0 aliphatic carbocycles. The van der Waals surface area contributed by atoms with Crippen LogP contribution in [0.25, 0.3) is 0 Å². The molecular weight excluding hydrogens is 281 g/mol. The molecule has 0 atom stereocenters. The number of halogens is 2. The summed E-state index contributed by atoms with van der Waals surface area (Å²) < 4.78 is 0. The van der Waals surface area contributed by atoms with Crippen molar-refractivity contribution in [3.05, 3.63) is 69.7 Å². The highest BCUT2D eigenvalue weighted by Gasteiger charge is 2.08. The molecule has 2 rings (SSSR count). The monoisotopic (exact) mass is 293 g/mol. The van der Waals surface area contributed by atoms with Gasteiger partial charge in [-0.2, -0.15) is 0 Å². The molecule has 0 fully saturated rings. The Morgan fingerprint density at radius 2 is 1.68 bits per heavy atom. The Labute approximate surface area is 122 Å². The summed E-state index contributed by atoms with van der Waals surface area (Å²) in [5, 5.41) is 4.02. The summed E-state index contributed by atoms with van der Waals surface area (Å²) in [6, 6.07) is 14.6. The molecule has 0 saturated heterocycles. The molecule has 0 heterocycles. The first-order chi connectivity index (χ1) is 9.16. The van der Waals surface area contributed by atoms with Crippen LogP contribution in [0, 0.1) is 0 Å². The third-order valence-corrected chi connectivity index (χ3v) is 3.31. The van der Waals surface area contributed by atoms with Gasteiger partial charge in [0.05, 0.1) is 10.6 Å². The summed E-state index contributed by atoms with van der Waals surface area (Å²) in [4.78, 5) is 11.9. The van der Waals surface area contributed by atoms with Gasteiger partial charge in [-0.25, -0.2) is 0 Å². The van der Waals surface area contributed by atoms with Crippen molar-refractivity contribution in [3.8, 4) is 0 Å². The summed E-state index contributed by atoms with van der Waals surface area (Å²) in [7, 11) is 0. The predicted molar refractivity (Wildman–Crippen MR) is 78.9 cm³/mol. The van der Waals surface area contributed by atoms with Crippen LogP contribution in [0.1, 0.15) is 15.9 Å². The van der Waals surface area contributed by atoms with Gasteiger partial charge in [0, 0.05) is 11.6 Å². The first kappa shape index (κ1) is 13.9. The van der Waals surface area contributed by atoms with E-state index in [2.05, 4.69) is 5.32 Å². The van der Waals surface area contributed by atoms with E-state index in [1.54, 1.807) is 24.3 Å². The zero-order valence-corrected chi connectivity index (χ0v) is 11.7. The second-order valence-electron chi connectivity index (χ2n) is 4.11. The molecule has 0 unspecified atom stereocenters. The minimum atomic E-state index is -0.153. The Hall–Kier alpha value is -1.51. The number of amides is 1. The molecule has 0 bridgehead atoms. The molecule has 2 aromatic carbocycles. The molecule has 19 heavy (non-hydrogen) atoms. The number of hydrogen-bond donors (Lipinski definition) is 1. The van der Waals surface area contributed by atoms with Crippen LogP contribution in [0.15, 0.2) is 48.5 Å². The lowest BCUT2D eigenvalue weighted by atomic mass is 10.1. The van der Waals surface area contributed by atoms with Gasteiger partial charge in [0.15, 0.2) is 0 Å². The van der Waals surface area contributed by atoms with Gasteiger partial charge in [-0.05, 0) is 36.2 Å². The average molecular weight is 294 g/mol. The predicted octanol–water partition coefficient (Wildman–Crippen LogP) is 3.97. The van der Waals surface area contributed by atoms with Gasteiger partial charge >= 0.3 is 0 Å². The van der Waals surface area contributed by atoms with Crippen molar-refractivity contribution in [1.82, 2.24) is 5.32 Å². The summed E-state index contributed by atoms with van der Waals surface area (Å²) in [5.41, 5.74) is 1.63. The Morgan fingerprint density at radius 3 is 2.37 bits per heavy atom. The fourth-order valence-corrected chi connectivity index (χ4v) is 2.06. The second-order valence-corrected chi connectivity index (χ2v) is 4.96. The number of nitrogens with one attached hydrogen (secondary N) is 1. The lowest BCUT2D eigenvalue weighted by Crippen LogP contribution is -2.25. The van der Waals surface area contributed by atoms with Crippen molar-refractivity contribution < 1.29 is 4.79 Å². The van der Waals surface area contributed by atoms with Crippen LogP contribution in [-0.2, 0) is 6.42 Å². The number of hydrogen-bond acceptors (Lipinski definition) is 1.